The highest BCUT2D eigenvalue weighted by Gasteiger charge is 2.23. The second-order valence-electron chi connectivity index (χ2n) is 7.99. The third-order valence-electron chi connectivity index (χ3n) is 5.72. The molecular weight excluding hydrogens is 440 g/mol. The van der Waals surface area contributed by atoms with Crippen molar-refractivity contribution >= 4 is 46.1 Å². The molecule has 0 radical (unpaired) electrons. The molecule has 0 saturated carbocycles. The van der Waals surface area contributed by atoms with Crippen molar-refractivity contribution in [2.75, 3.05) is 51.7 Å². The van der Waals surface area contributed by atoms with Crippen LogP contribution in [-0.4, -0.2) is 73.0 Å². The van der Waals surface area contributed by atoms with Crippen molar-refractivity contribution in [1.29, 1.82) is 0 Å². The zero-order valence-corrected chi connectivity index (χ0v) is 19.3. The number of aromatic amines is 1. The van der Waals surface area contributed by atoms with E-state index < -0.39 is 5.97 Å². The first-order valence-electron chi connectivity index (χ1n) is 10.9. The Labute approximate surface area is 198 Å². The number of aromatic nitrogens is 1. The fourth-order valence-corrected chi connectivity index (χ4v) is 4.14. The Balaban J connectivity index is 1.33. The van der Waals surface area contributed by atoms with Crippen molar-refractivity contribution in [2.45, 2.75) is 0 Å². The zero-order valence-electron chi connectivity index (χ0n) is 18.5. The van der Waals surface area contributed by atoms with Crippen LogP contribution in [-0.2, 0) is 9.53 Å². The minimum absolute atomic E-state index is 0.182. The van der Waals surface area contributed by atoms with E-state index in [1.807, 2.05) is 18.2 Å². The van der Waals surface area contributed by atoms with Gasteiger partial charge in [-0.05, 0) is 23.8 Å². The number of fused-ring (bicyclic) bond motifs is 1. The lowest BCUT2D eigenvalue weighted by Gasteiger charge is -2.33. The molecule has 1 amide bonds. The molecule has 0 spiro atoms. The minimum Gasteiger partial charge on any atom is -0.464 e. The number of rotatable bonds is 7. The third-order valence-corrected chi connectivity index (χ3v) is 5.96. The van der Waals surface area contributed by atoms with Crippen molar-refractivity contribution in [3.8, 4) is 0 Å². The van der Waals surface area contributed by atoms with Crippen LogP contribution in [0.2, 0.25) is 5.02 Å². The number of benzene rings is 2. The molecule has 33 heavy (non-hydrogen) atoms. The highest BCUT2D eigenvalue weighted by molar-refractivity contribution is 6.31. The van der Waals surface area contributed by atoms with Gasteiger partial charge in [-0.1, -0.05) is 54.1 Å². The Kier molecular flexibility index (Phi) is 7.44. The van der Waals surface area contributed by atoms with Gasteiger partial charge in [-0.3, -0.25) is 14.6 Å². The van der Waals surface area contributed by atoms with E-state index in [1.54, 1.807) is 18.2 Å². The lowest BCUT2D eigenvalue weighted by Crippen LogP contribution is -2.48. The molecule has 2 N–H and O–H groups in total. The number of carbonyl (C=O) groups excluding carboxylic acids is 2. The van der Waals surface area contributed by atoms with Crippen molar-refractivity contribution in [3.05, 3.63) is 70.9 Å². The lowest BCUT2D eigenvalue weighted by atomic mass is 10.2. The van der Waals surface area contributed by atoms with E-state index in [-0.39, 0.29) is 18.1 Å². The van der Waals surface area contributed by atoms with Gasteiger partial charge in [0.25, 0.3) is 0 Å². The number of amides is 1. The van der Waals surface area contributed by atoms with E-state index in [0.717, 1.165) is 32.7 Å². The Morgan fingerprint density at radius 2 is 1.82 bits per heavy atom. The largest absolute Gasteiger partial charge is 0.464 e. The van der Waals surface area contributed by atoms with Crippen molar-refractivity contribution in [2.24, 2.45) is 0 Å². The number of methoxy groups -OCH3 is 1. The van der Waals surface area contributed by atoms with Gasteiger partial charge in [0.2, 0.25) is 5.91 Å². The average molecular weight is 467 g/mol. The summed E-state index contributed by atoms with van der Waals surface area (Å²) in [6.07, 6.45) is 4.31. The van der Waals surface area contributed by atoms with Gasteiger partial charge < -0.3 is 15.0 Å². The summed E-state index contributed by atoms with van der Waals surface area (Å²) in [5.74, 6) is -0.728. The first-order chi connectivity index (χ1) is 16.0. The number of ether oxygens (including phenoxy) is 1. The summed E-state index contributed by atoms with van der Waals surface area (Å²) in [4.78, 5) is 32.5. The number of halogens is 1. The van der Waals surface area contributed by atoms with Crippen LogP contribution < -0.4 is 5.32 Å². The maximum Gasteiger partial charge on any atom is 0.356 e. The molecule has 0 unspecified atom stereocenters. The van der Waals surface area contributed by atoms with Gasteiger partial charge >= 0.3 is 5.97 Å². The lowest BCUT2D eigenvalue weighted by molar-refractivity contribution is -0.117. The number of hydrogen-bond acceptors (Lipinski definition) is 5. The molecule has 0 aliphatic carbocycles. The highest BCUT2D eigenvalue weighted by Crippen LogP contribution is 2.30. The van der Waals surface area contributed by atoms with E-state index in [4.69, 9.17) is 16.3 Å². The zero-order chi connectivity index (χ0) is 23.2. The van der Waals surface area contributed by atoms with E-state index in [1.165, 1.54) is 12.7 Å². The molecule has 172 valence electrons. The molecule has 2 heterocycles. The van der Waals surface area contributed by atoms with E-state index >= 15 is 0 Å². The molecule has 7 nitrogen and oxygen atoms in total. The summed E-state index contributed by atoms with van der Waals surface area (Å²) in [5, 5.41) is 4.08. The molecule has 8 heteroatoms. The molecule has 1 fully saturated rings. The third kappa shape index (κ3) is 5.82. The van der Waals surface area contributed by atoms with Crippen LogP contribution in [0.5, 0.6) is 0 Å². The van der Waals surface area contributed by atoms with Crippen LogP contribution in [0.3, 0.4) is 0 Å². The number of nitrogens with zero attached hydrogens (tertiary/aromatic N) is 2. The quantitative estimate of drug-likeness (QED) is 0.517. The monoisotopic (exact) mass is 466 g/mol. The number of anilines is 1. The van der Waals surface area contributed by atoms with Crippen LogP contribution in [0.15, 0.2) is 54.6 Å². The summed E-state index contributed by atoms with van der Waals surface area (Å²) < 4.78 is 4.86. The normalized spacial score (nSPS) is 15.2. The molecule has 4 rings (SSSR count). The van der Waals surface area contributed by atoms with Gasteiger partial charge in [0.15, 0.2) is 0 Å². The first kappa shape index (κ1) is 23.0. The van der Waals surface area contributed by atoms with Gasteiger partial charge in [-0.2, -0.15) is 0 Å². The molecule has 1 aliphatic heterocycles. The summed E-state index contributed by atoms with van der Waals surface area (Å²) in [6.45, 7) is 4.52. The van der Waals surface area contributed by atoms with Crippen LogP contribution in [0.4, 0.5) is 5.69 Å². The van der Waals surface area contributed by atoms with E-state index in [2.05, 4.69) is 44.4 Å². The fourth-order valence-electron chi connectivity index (χ4n) is 3.96. The molecule has 2 aromatic carbocycles. The Morgan fingerprint density at radius 1 is 1.09 bits per heavy atom. The van der Waals surface area contributed by atoms with E-state index in [0.29, 0.717) is 21.6 Å². The first-order valence-corrected chi connectivity index (χ1v) is 11.3. The van der Waals surface area contributed by atoms with Crippen molar-refractivity contribution in [3.63, 3.8) is 0 Å². The summed E-state index contributed by atoms with van der Waals surface area (Å²) >= 11 is 6.13. The highest BCUT2D eigenvalue weighted by atomic mass is 35.5. The SMILES string of the molecule is COC(=O)c1[nH]c2ccc(Cl)cc2c1NC(=O)CN1CCN(C/C=C/c2ccccc2)CC1. The van der Waals surface area contributed by atoms with Crippen LogP contribution in [0.1, 0.15) is 16.1 Å². The van der Waals surface area contributed by atoms with Gasteiger partial charge in [0.05, 0.1) is 19.3 Å². The molecule has 0 atom stereocenters. The van der Waals surface area contributed by atoms with E-state index in [9.17, 15) is 9.59 Å². The van der Waals surface area contributed by atoms with Crippen LogP contribution in [0, 0.1) is 0 Å². The average Bonchev–Trinajstić information content (AvgIpc) is 3.17. The smallest absolute Gasteiger partial charge is 0.356 e. The van der Waals surface area contributed by atoms with Gasteiger partial charge in [-0.15, -0.1) is 0 Å². The predicted octanol–water partition coefficient (Wildman–Crippen LogP) is 3.88. The number of nitrogens with one attached hydrogen (secondary N) is 2. The number of carbonyl (C=O) groups is 2. The van der Waals surface area contributed by atoms with Crippen molar-refractivity contribution < 1.29 is 14.3 Å². The van der Waals surface area contributed by atoms with Gasteiger partial charge in [0.1, 0.15) is 5.69 Å². The second kappa shape index (κ2) is 10.7. The van der Waals surface area contributed by atoms with Gasteiger partial charge in [-0.25, -0.2) is 4.79 Å². The Bertz CT molecular complexity index is 1150. The molecule has 0 bridgehead atoms. The predicted molar refractivity (Wildman–Crippen MR) is 132 cm³/mol. The minimum atomic E-state index is -0.546. The summed E-state index contributed by atoms with van der Waals surface area (Å²) in [7, 11) is 1.31. The topological polar surface area (TPSA) is 77.7 Å². The number of H-pyrrole nitrogens is 1. The number of piperazine rings is 1. The fraction of sp³-hybridized carbons (Fsp3) is 0.280. The maximum absolute atomic E-state index is 12.8. The van der Waals surface area contributed by atoms with Crippen LogP contribution in [0.25, 0.3) is 17.0 Å². The Hall–Kier alpha value is -3.13. The number of esters is 1. The van der Waals surface area contributed by atoms with Gasteiger partial charge in [0, 0.05) is 48.6 Å². The molecule has 1 saturated heterocycles. The molecular formula is C25H27ClN4O3. The van der Waals surface area contributed by atoms with Crippen LogP contribution >= 0.6 is 11.6 Å². The summed E-state index contributed by atoms with van der Waals surface area (Å²) in [6, 6.07) is 15.5. The maximum atomic E-state index is 12.8. The molecule has 1 aliphatic rings. The molecule has 1 aromatic heterocycles. The van der Waals surface area contributed by atoms with Crippen molar-refractivity contribution in [1.82, 2.24) is 14.8 Å². The second-order valence-corrected chi connectivity index (χ2v) is 8.43. The molecule has 3 aromatic rings. The Morgan fingerprint density at radius 3 is 2.55 bits per heavy atom. The standard InChI is InChI=1S/C25H27ClN4O3/c1-33-25(32)24-23(20-16-19(26)9-10-21(20)27-24)28-22(31)17-30-14-12-29(13-15-30)11-5-8-18-6-3-2-4-7-18/h2-10,16,27H,11-15,17H2,1H3,(H,28,31)/b8-5+. The number of hydrogen-bond donors (Lipinski definition) is 2. The summed E-state index contributed by atoms with van der Waals surface area (Å²) in [5.41, 5.74) is 2.50.